The van der Waals surface area contributed by atoms with Crippen molar-refractivity contribution in [1.29, 1.82) is 0 Å². The second-order valence-corrected chi connectivity index (χ2v) is 4.76. The van der Waals surface area contributed by atoms with Crippen LogP contribution in [0.15, 0.2) is 0 Å². The Kier molecular flexibility index (Phi) is 22.6. The van der Waals surface area contributed by atoms with Crippen LogP contribution in [-0.4, -0.2) is 146 Å². The molecule has 0 heterocycles. The zero-order chi connectivity index (χ0) is 17.3. The Morgan fingerprint density at radius 1 is 0.760 bits per heavy atom. The summed E-state index contributed by atoms with van der Waals surface area (Å²) >= 11 is 0. The molecule has 0 spiro atoms. The van der Waals surface area contributed by atoms with Crippen molar-refractivity contribution < 1.29 is 39.6 Å². The molecule has 0 saturated heterocycles. The molecular formula is C12H22N2Na3O8. The van der Waals surface area contributed by atoms with E-state index in [0.717, 1.165) is 0 Å². The number of nitrogens with one attached hydrogen (secondary N) is 1. The Morgan fingerprint density at radius 2 is 1.12 bits per heavy atom. The van der Waals surface area contributed by atoms with Crippen LogP contribution in [-0.2, 0) is 19.2 Å². The summed E-state index contributed by atoms with van der Waals surface area (Å²) in [5, 5.41) is 38.4. The van der Waals surface area contributed by atoms with Gasteiger partial charge >= 0.3 is 113 Å². The molecule has 0 fully saturated rings. The van der Waals surface area contributed by atoms with Gasteiger partial charge in [0, 0.05) is 18.5 Å². The molecule has 0 atom stereocenters. The maximum atomic E-state index is 11.0. The number of hydrogen-bond donors (Lipinski definition) is 6. The van der Waals surface area contributed by atoms with E-state index in [1.165, 1.54) is 0 Å². The number of rotatable bonds is 12. The Labute approximate surface area is 211 Å². The predicted octanol–water partition coefficient (Wildman–Crippen LogP) is -2.99. The van der Waals surface area contributed by atoms with E-state index in [2.05, 4.69) is 5.32 Å². The molecule has 0 rings (SSSR count). The van der Waals surface area contributed by atoms with Gasteiger partial charge in [0.15, 0.2) is 0 Å². The number of carbonyl (C=O) groups is 4. The third kappa shape index (κ3) is 14.5. The molecule has 0 saturated carbocycles. The molecule has 13 heteroatoms. The van der Waals surface area contributed by atoms with E-state index in [1.54, 1.807) is 0 Å². The first kappa shape index (κ1) is 33.4. The van der Waals surface area contributed by atoms with Gasteiger partial charge in [0.1, 0.15) is 0 Å². The molecule has 0 aromatic carbocycles. The summed E-state index contributed by atoms with van der Waals surface area (Å²) in [6, 6.07) is -0.169. The minimum atomic E-state index is -1.86. The Hall–Kier alpha value is 0.800. The zero-order valence-electron chi connectivity index (χ0n) is 11.7. The van der Waals surface area contributed by atoms with Crippen molar-refractivity contribution in [2.24, 2.45) is 11.1 Å². The summed E-state index contributed by atoms with van der Waals surface area (Å²) in [6.45, 7) is 0.135. The predicted molar refractivity (Wildman–Crippen MR) is 93.2 cm³/mol. The summed E-state index contributed by atoms with van der Waals surface area (Å²) in [5.41, 5.74) is 3.42. The maximum absolute atomic E-state index is 11.0. The second kappa shape index (κ2) is 16.9. The van der Waals surface area contributed by atoms with Gasteiger partial charge < -0.3 is 31.5 Å². The van der Waals surface area contributed by atoms with Gasteiger partial charge in [0.05, 0.1) is 31.7 Å². The topological polar surface area (TPSA) is 187 Å². The molecule has 131 valence electrons. The summed E-state index contributed by atoms with van der Waals surface area (Å²) in [7, 11) is 0. The van der Waals surface area contributed by atoms with E-state index in [9.17, 15) is 19.2 Å². The van der Waals surface area contributed by atoms with E-state index in [4.69, 9.17) is 26.2 Å². The van der Waals surface area contributed by atoms with E-state index >= 15 is 0 Å². The molecule has 0 aliphatic carbocycles. The van der Waals surface area contributed by atoms with Gasteiger partial charge in [-0.2, -0.15) is 0 Å². The van der Waals surface area contributed by atoms with Crippen molar-refractivity contribution in [1.82, 2.24) is 5.32 Å². The fraction of sp³-hybridized carbons (Fsp3) is 0.583. The average molecular weight is 391 g/mol. The van der Waals surface area contributed by atoms with Crippen LogP contribution in [0.4, 0.5) is 0 Å². The Morgan fingerprint density at radius 3 is 1.36 bits per heavy atom. The van der Waals surface area contributed by atoms with Gasteiger partial charge in [0.25, 0.3) is 0 Å². The number of carboxylic acid groups (broad SMARTS) is 4. The van der Waals surface area contributed by atoms with Gasteiger partial charge in [-0.15, -0.1) is 0 Å². The first-order chi connectivity index (χ1) is 10.1. The molecule has 0 bridgehead atoms. The van der Waals surface area contributed by atoms with Crippen molar-refractivity contribution in [3.8, 4) is 0 Å². The Balaban J connectivity index is -0.000000735. The SMILES string of the molecule is NCCN[C](CC(=O)O)C(CC(=O)O)(CC(=O)O)CC(=O)O.[NaH].[NaH].[NaH]. The average Bonchev–Trinajstić information content (AvgIpc) is 2.30. The molecule has 10 nitrogen and oxygen atoms in total. The van der Waals surface area contributed by atoms with Crippen LogP contribution >= 0.6 is 0 Å². The quantitative estimate of drug-likeness (QED) is 0.187. The number of aliphatic carboxylic acids is 4. The third-order valence-electron chi connectivity index (χ3n) is 2.92. The van der Waals surface area contributed by atoms with Gasteiger partial charge in [-0.25, -0.2) is 0 Å². The molecule has 0 aromatic heterocycles. The van der Waals surface area contributed by atoms with Crippen molar-refractivity contribution in [2.75, 3.05) is 13.1 Å². The molecule has 1 radical (unpaired) electrons. The van der Waals surface area contributed by atoms with Crippen LogP contribution in [0.3, 0.4) is 0 Å². The van der Waals surface area contributed by atoms with Gasteiger partial charge in [0.2, 0.25) is 0 Å². The normalized spacial score (nSPS) is 10.0. The van der Waals surface area contributed by atoms with Crippen LogP contribution in [0.2, 0.25) is 0 Å². The molecule has 0 aliphatic heterocycles. The van der Waals surface area contributed by atoms with Crippen LogP contribution < -0.4 is 11.1 Å². The van der Waals surface area contributed by atoms with Gasteiger partial charge in [-0.05, 0) is 0 Å². The van der Waals surface area contributed by atoms with E-state index in [1.807, 2.05) is 0 Å². The van der Waals surface area contributed by atoms with E-state index in [-0.39, 0.29) is 108 Å². The van der Waals surface area contributed by atoms with Crippen LogP contribution in [0.5, 0.6) is 0 Å². The first-order valence-electron chi connectivity index (χ1n) is 6.30. The van der Waals surface area contributed by atoms with Crippen molar-refractivity contribution in [2.45, 2.75) is 25.7 Å². The van der Waals surface area contributed by atoms with Crippen molar-refractivity contribution in [3.05, 3.63) is 6.04 Å². The standard InChI is InChI=1S/C12H19N2O8.3Na.3H/c13-1-2-14-7(3-8(15)16)12(4-9(17)18,5-10(19)20)6-11(21)22;;;;;;/h14H,1-6,13H2,(H,15,16)(H,17,18)(H,19,20)(H,21,22);;;;;;. The fourth-order valence-electron chi connectivity index (χ4n) is 2.19. The summed E-state index contributed by atoms with van der Waals surface area (Å²) in [6.07, 6.45) is -3.18. The van der Waals surface area contributed by atoms with Crippen molar-refractivity contribution >= 4 is 113 Å². The van der Waals surface area contributed by atoms with Gasteiger partial charge in [-0.1, -0.05) is 0 Å². The monoisotopic (exact) mass is 391 g/mol. The van der Waals surface area contributed by atoms with Gasteiger partial charge in [-0.3, -0.25) is 19.2 Å². The number of nitrogens with two attached hydrogens (primary N) is 1. The fourth-order valence-corrected chi connectivity index (χ4v) is 2.19. The minimum absolute atomic E-state index is 0. The van der Waals surface area contributed by atoms with Crippen molar-refractivity contribution in [3.63, 3.8) is 0 Å². The third-order valence-corrected chi connectivity index (χ3v) is 2.92. The second-order valence-electron chi connectivity index (χ2n) is 4.76. The van der Waals surface area contributed by atoms with E-state index in [0.29, 0.717) is 0 Å². The van der Waals surface area contributed by atoms with Crippen LogP contribution in [0, 0.1) is 11.5 Å². The molecule has 7 N–H and O–H groups in total. The molecule has 0 aromatic rings. The molecule has 0 unspecified atom stereocenters. The molecule has 25 heavy (non-hydrogen) atoms. The first-order valence-corrected chi connectivity index (χ1v) is 6.30. The summed E-state index contributed by atoms with van der Waals surface area (Å²) in [5.74, 6) is -5.63. The van der Waals surface area contributed by atoms with Crippen LogP contribution in [0.25, 0.3) is 0 Å². The molecule has 0 aliphatic rings. The number of hydrogen-bond acceptors (Lipinski definition) is 6. The Bertz CT molecular complexity index is 409. The van der Waals surface area contributed by atoms with E-state index < -0.39 is 55.0 Å². The number of carboxylic acids is 4. The molecular weight excluding hydrogens is 369 g/mol. The zero-order valence-corrected chi connectivity index (χ0v) is 11.7. The molecule has 0 amide bonds. The summed E-state index contributed by atoms with van der Waals surface area (Å²) in [4.78, 5) is 44.1. The van der Waals surface area contributed by atoms with Crippen LogP contribution in [0.1, 0.15) is 25.7 Å². The summed E-state index contributed by atoms with van der Waals surface area (Å²) < 4.78 is 0.